The van der Waals surface area contributed by atoms with Crippen LogP contribution in [0.4, 0.5) is 5.69 Å². The van der Waals surface area contributed by atoms with Gasteiger partial charge in [0.05, 0.1) is 4.88 Å². The second-order valence-corrected chi connectivity index (χ2v) is 7.07. The molecule has 0 radical (unpaired) electrons. The van der Waals surface area contributed by atoms with Crippen LogP contribution in [0, 0.1) is 5.92 Å². The highest BCUT2D eigenvalue weighted by Crippen LogP contribution is 2.35. The molecule has 1 aromatic heterocycles. The molecule has 1 unspecified atom stereocenters. The largest absolute Gasteiger partial charge is 0.454 e. The van der Waals surface area contributed by atoms with Gasteiger partial charge in [-0.25, -0.2) is 0 Å². The maximum atomic E-state index is 12.4. The minimum Gasteiger partial charge on any atom is -0.454 e. The third-order valence-electron chi connectivity index (χ3n) is 4.18. The number of nitrogens with one attached hydrogen (secondary N) is 1. The van der Waals surface area contributed by atoms with E-state index in [2.05, 4.69) is 18.3 Å². The van der Waals surface area contributed by atoms with Crippen molar-refractivity contribution in [1.82, 2.24) is 0 Å². The molecule has 4 nitrogen and oxygen atoms in total. The number of rotatable bonds is 2. The summed E-state index contributed by atoms with van der Waals surface area (Å²) in [5, 5.41) is 2.94. The lowest BCUT2D eigenvalue weighted by Gasteiger charge is -2.16. The number of thiophene rings is 1. The van der Waals surface area contributed by atoms with E-state index in [1.165, 1.54) is 16.9 Å². The summed E-state index contributed by atoms with van der Waals surface area (Å²) in [6.45, 7) is 2.51. The molecule has 22 heavy (non-hydrogen) atoms. The van der Waals surface area contributed by atoms with Crippen molar-refractivity contribution in [3.05, 3.63) is 39.6 Å². The predicted octanol–water partition coefficient (Wildman–Crippen LogP) is 3.85. The van der Waals surface area contributed by atoms with E-state index in [1.54, 1.807) is 17.4 Å². The summed E-state index contributed by atoms with van der Waals surface area (Å²) in [4.78, 5) is 14.6. The van der Waals surface area contributed by atoms with Gasteiger partial charge in [-0.2, -0.15) is 0 Å². The zero-order chi connectivity index (χ0) is 15.1. The fourth-order valence-electron chi connectivity index (χ4n) is 2.98. The van der Waals surface area contributed by atoms with Gasteiger partial charge in [0.25, 0.3) is 5.91 Å². The van der Waals surface area contributed by atoms with Gasteiger partial charge < -0.3 is 14.8 Å². The molecule has 2 aromatic rings. The molecule has 5 heteroatoms. The molecule has 1 amide bonds. The van der Waals surface area contributed by atoms with Crippen LogP contribution in [-0.4, -0.2) is 12.7 Å². The Morgan fingerprint density at radius 3 is 3.05 bits per heavy atom. The van der Waals surface area contributed by atoms with Crippen LogP contribution in [0.25, 0.3) is 0 Å². The number of hydrogen-bond donors (Lipinski definition) is 1. The monoisotopic (exact) mass is 315 g/mol. The molecule has 0 saturated carbocycles. The highest BCUT2D eigenvalue weighted by molar-refractivity contribution is 7.14. The lowest BCUT2D eigenvalue weighted by Crippen LogP contribution is -2.10. The minimum atomic E-state index is -0.0501. The van der Waals surface area contributed by atoms with Crippen molar-refractivity contribution in [2.45, 2.75) is 26.2 Å². The number of carbonyl (C=O) groups excluding carboxylic acids is 1. The average Bonchev–Trinajstić information content (AvgIpc) is 3.12. The van der Waals surface area contributed by atoms with E-state index in [9.17, 15) is 4.79 Å². The van der Waals surface area contributed by atoms with Crippen molar-refractivity contribution in [2.75, 3.05) is 12.1 Å². The predicted molar refractivity (Wildman–Crippen MR) is 86.0 cm³/mol. The van der Waals surface area contributed by atoms with Crippen molar-refractivity contribution < 1.29 is 14.3 Å². The van der Waals surface area contributed by atoms with Crippen molar-refractivity contribution in [3.63, 3.8) is 0 Å². The summed E-state index contributed by atoms with van der Waals surface area (Å²) in [5.74, 6) is 2.06. The molecule has 2 aliphatic rings. The molecular formula is C17H17NO3S. The van der Waals surface area contributed by atoms with Crippen LogP contribution in [0.2, 0.25) is 0 Å². The maximum absolute atomic E-state index is 12.4. The van der Waals surface area contributed by atoms with E-state index in [0.29, 0.717) is 11.7 Å². The summed E-state index contributed by atoms with van der Waals surface area (Å²) < 4.78 is 10.6. The van der Waals surface area contributed by atoms with Crippen LogP contribution in [0.1, 0.15) is 33.5 Å². The zero-order valence-electron chi connectivity index (χ0n) is 12.3. The molecule has 1 aliphatic heterocycles. The first kappa shape index (κ1) is 13.6. The van der Waals surface area contributed by atoms with E-state index in [4.69, 9.17) is 9.47 Å². The van der Waals surface area contributed by atoms with Crippen molar-refractivity contribution >= 4 is 22.9 Å². The molecule has 0 bridgehead atoms. The highest BCUT2D eigenvalue weighted by Gasteiger charge is 2.21. The van der Waals surface area contributed by atoms with Gasteiger partial charge in [0.1, 0.15) is 0 Å². The summed E-state index contributed by atoms with van der Waals surface area (Å²) in [7, 11) is 0. The van der Waals surface area contributed by atoms with E-state index >= 15 is 0 Å². The van der Waals surface area contributed by atoms with Crippen LogP contribution in [0.3, 0.4) is 0 Å². The molecule has 4 rings (SSSR count). The van der Waals surface area contributed by atoms with Crippen LogP contribution < -0.4 is 14.8 Å². The van der Waals surface area contributed by atoms with Crippen molar-refractivity contribution in [1.29, 1.82) is 0 Å². The molecule has 0 fully saturated rings. The second kappa shape index (κ2) is 5.32. The lowest BCUT2D eigenvalue weighted by atomic mass is 9.90. The van der Waals surface area contributed by atoms with Crippen LogP contribution >= 0.6 is 11.3 Å². The Hall–Kier alpha value is -2.01. The molecule has 1 aromatic carbocycles. The number of aryl methyl sites for hydroxylation is 1. The molecule has 1 atom stereocenters. The first-order chi connectivity index (χ1) is 10.7. The fraction of sp³-hybridized carbons (Fsp3) is 0.353. The van der Waals surface area contributed by atoms with E-state index in [-0.39, 0.29) is 12.7 Å². The summed E-state index contributed by atoms with van der Waals surface area (Å²) in [6, 6.07) is 7.51. The van der Waals surface area contributed by atoms with Crippen LogP contribution in [0.5, 0.6) is 11.5 Å². The number of carbonyl (C=O) groups is 1. The van der Waals surface area contributed by atoms with Crippen molar-refractivity contribution in [2.24, 2.45) is 5.92 Å². The first-order valence-electron chi connectivity index (χ1n) is 7.51. The molecule has 1 aliphatic carbocycles. The number of benzene rings is 1. The quantitative estimate of drug-likeness (QED) is 0.915. The Balaban J connectivity index is 1.53. The minimum absolute atomic E-state index is 0.0501. The van der Waals surface area contributed by atoms with Gasteiger partial charge >= 0.3 is 0 Å². The summed E-state index contributed by atoms with van der Waals surface area (Å²) in [6.07, 6.45) is 3.40. The van der Waals surface area contributed by atoms with Gasteiger partial charge in [0.15, 0.2) is 11.5 Å². The Kier molecular flexibility index (Phi) is 3.30. The number of fused-ring (bicyclic) bond motifs is 2. The molecule has 1 N–H and O–H groups in total. The van der Waals surface area contributed by atoms with E-state index in [0.717, 1.165) is 29.2 Å². The Labute approximate surface area is 133 Å². The first-order valence-corrected chi connectivity index (χ1v) is 8.33. The smallest absolute Gasteiger partial charge is 0.265 e. The molecule has 0 saturated heterocycles. The van der Waals surface area contributed by atoms with Gasteiger partial charge in [-0.05, 0) is 48.9 Å². The topological polar surface area (TPSA) is 47.6 Å². The lowest BCUT2D eigenvalue weighted by molar-refractivity contribution is 0.103. The third-order valence-corrected chi connectivity index (χ3v) is 5.42. The van der Waals surface area contributed by atoms with Gasteiger partial charge in [0.2, 0.25) is 6.79 Å². The fourth-order valence-corrected chi connectivity index (χ4v) is 4.09. The number of anilines is 1. The van der Waals surface area contributed by atoms with Gasteiger partial charge in [-0.15, -0.1) is 11.3 Å². The normalized spacial score (nSPS) is 18.9. The summed E-state index contributed by atoms with van der Waals surface area (Å²) >= 11 is 1.62. The SMILES string of the molecule is CC1CCc2sc(C(=O)Nc3ccc4c(c3)OCO4)cc2C1. The molecular weight excluding hydrogens is 298 g/mol. The Bertz CT molecular complexity index is 738. The van der Waals surface area contributed by atoms with Crippen molar-refractivity contribution in [3.8, 4) is 11.5 Å². The average molecular weight is 315 g/mol. The van der Waals surface area contributed by atoms with Gasteiger partial charge in [-0.3, -0.25) is 4.79 Å². The Morgan fingerprint density at radius 1 is 1.27 bits per heavy atom. The van der Waals surface area contributed by atoms with Gasteiger partial charge in [0, 0.05) is 16.6 Å². The zero-order valence-corrected chi connectivity index (χ0v) is 13.2. The van der Waals surface area contributed by atoms with Crippen LogP contribution in [0.15, 0.2) is 24.3 Å². The number of amides is 1. The van der Waals surface area contributed by atoms with Crippen LogP contribution in [-0.2, 0) is 12.8 Å². The third kappa shape index (κ3) is 2.46. The maximum Gasteiger partial charge on any atom is 0.265 e. The summed E-state index contributed by atoms with van der Waals surface area (Å²) in [5.41, 5.74) is 2.08. The molecule has 2 heterocycles. The second-order valence-electron chi connectivity index (χ2n) is 5.93. The molecule has 0 spiro atoms. The molecule has 114 valence electrons. The Morgan fingerprint density at radius 2 is 2.14 bits per heavy atom. The van der Waals surface area contributed by atoms with E-state index < -0.39 is 0 Å². The number of ether oxygens (including phenoxy) is 2. The standard InChI is InChI=1S/C17H17NO3S/c1-10-2-5-15-11(6-10)7-16(22-15)17(19)18-12-3-4-13-14(8-12)21-9-20-13/h3-4,7-8,10H,2,5-6,9H2,1H3,(H,18,19). The van der Waals surface area contributed by atoms with E-state index in [1.807, 2.05) is 12.1 Å². The number of hydrogen-bond acceptors (Lipinski definition) is 4. The highest BCUT2D eigenvalue weighted by atomic mass is 32.1. The van der Waals surface area contributed by atoms with Gasteiger partial charge in [-0.1, -0.05) is 6.92 Å².